The molecule has 0 unspecified atom stereocenters. The fourth-order valence-corrected chi connectivity index (χ4v) is 1.55. The zero-order valence-electron chi connectivity index (χ0n) is 11.5. The number of carbonyl (C=O) groups excluding carboxylic acids is 1. The number of benzene rings is 1. The molecule has 1 aromatic carbocycles. The highest BCUT2D eigenvalue weighted by Gasteiger charge is 2.07. The van der Waals surface area contributed by atoms with Gasteiger partial charge in [-0.15, -0.1) is 0 Å². The highest BCUT2D eigenvalue weighted by molar-refractivity contribution is 5.92. The first-order valence-corrected chi connectivity index (χ1v) is 6.31. The van der Waals surface area contributed by atoms with E-state index in [1.807, 2.05) is 0 Å². The van der Waals surface area contributed by atoms with Crippen LogP contribution in [0.15, 0.2) is 36.7 Å². The number of aromatic nitrogens is 2. The Morgan fingerprint density at radius 2 is 2.00 bits per heavy atom. The van der Waals surface area contributed by atoms with Gasteiger partial charge in [0.05, 0.1) is 19.0 Å². The molecular formula is C14H15FN4O2. The van der Waals surface area contributed by atoms with E-state index in [-0.39, 0.29) is 17.4 Å². The summed E-state index contributed by atoms with van der Waals surface area (Å²) in [6.07, 6.45) is 2.81. The number of nitrogens with zero attached hydrogens (tertiary/aromatic N) is 2. The van der Waals surface area contributed by atoms with E-state index in [1.54, 1.807) is 19.2 Å². The quantitative estimate of drug-likeness (QED) is 0.792. The number of carbonyl (C=O) groups is 1. The van der Waals surface area contributed by atoms with Gasteiger partial charge in [0.1, 0.15) is 17.3 Å². The van der Waals surface area contributed by atoms with Crippen LogP contribution in [0.1, 0.15) is 10.5 Å². The lowest BCUT2D eigenvalue weighted by atomic mass is 10.3. The predicted molar refractivity (Wildman–Crippen MR) is 75.9 cm³/mol. The summed E-state index contributed by atoms with van der Waals surface area (Å²) in [6, 6.07) is 5.85. The van der Waals surface area contributed by atoms with Gasteiger partial charge in [-0.05, 0) is 24.3 Å². The first-order chi connectivity index (χ1) is 10.2. The molecule has 2 N–H and O–H groups in total. The third-order valence-corrected chi connectivity index (χ3v) is 2.59. The number of halogens is 1. The zero-order chi connectivity index (χ0) is 15.1. The Hall–Kier alpha value is -2.54. The number of amides is 1. The Morgan fingerprint density at radius 1 is 1.24 bits per heavy atom. The smallest absolute Gasteiger partial charge is 0.271 e. The van der Waals surface area contributed by atoms with Crippen molar-refractivity contribution >= 4 is 17.4 Å². The van der Waals surface area contributed by atoms with Gasteiger partial charge < -0.3 is 15.4 Å². The van der Waals surface area contributed by atoms with Crippen LogP contribution < -0.4 is 10.6 Å². The fraction of sp³-hybridized carbons (Fsp3) is 0.214. The number of methoxy groups -OCH3 is 1. The minimum atomic E-state index is -0.312. The molecular weight excluding hydrogens is 275 g/mol. The van der Waals surface area contributed by atoms with E-state index in [1.165, 1.54) is 24.5 Å². The molecule has 0 fully saturated rings. The minimum Gasteiger partial charge on any atom is -0.383 e. The standard InChI is InChI=1S/C14H15FN4O2/c1-21-7-6-16-14(20)12-8-18-13(9-17-12)19-11-4-2-10(15)3-5-11/h2-5,8-9H,6-7H2,1H3,(H,16,20)(H,18,19). The Labute approximate surface area is 121 Å². The minimum absolute atomic E-state index is 0.218. The van der Waals surface area contributed by atoms with Crippen LogP contribution in [0.5, 0.6) is 0 Å². The summed E-state index contributed by atoms with van der Waals surface area (Å²) in [7, 11) is 1.56. The van der Waals surface area contributed by atoms with Gasteiger partial charge in [0.2, 0.25) is 0 Å². The molecule has 0 aliphatic heterocycles. The van der Waals surface area contributed by atoms with Crippen LogP contribution in [-0.4, -0.2) is 36.1 Å². The molecule has 7 heteroatoms. The Bertz CT molecular complexity index is 587. The second-order valence-electron chi connectivity index (χ2n) is 4.17. The zero-order valence-corrected chi connectivity index (χ0v) is 11.5. The van der Waals surface area contributed by atoms with Gasteiger partial charge in [-0.1, -0.05) is 0 Å². The number of hydrogen-bond donors (Lipinski definition) is 2. The third-order valence-electron chi connectivity index (χ3n) is 2.59. The molecule has 1 amide bonds. The highest BCUT2D eigenvalue weighted by atomic mass is 19.1. The predicted octanol–water partition coefficient (Wildman–Crippen LogP) is 1.74. The van der Waals surface area contributed by atoms with Crippen molar-refractivity contribution < 1.29 is 13.9 Å². The van der Waals surface area contributed by atoms with Gasteiger partial charge in [-0.25, -0.2) is 14.4 Å². The molecule has 21 heavy (non-hydrogen) atoms. The molecule has 0 aliphatic rings. The maximum absolute atomic E-state index is 12.8. The fourth-order valence-electron chi connectivity index (χ4n) is 1.55. The SMILES string of the molecule is COCCNC(=O)c1cnc(Nc2ccc(F)cc2)cn1. The van der Waals surface area contributed by atoms with Crippen molar-refractivity contribution in [3.63, 3.8) is 0 Å². The maximum atomic E-state index is 12.8. The normalized spacial score (nSPS) is 10.2. The molecule has 6 nitrogen and oxygen atoms in total. The lowest BCUT2D eigenvalue weighted by Crippen LogP contribution is -2.27. The summed E-state index contributed by atoms with van der Waals surface area (Å²) >= 11 is 0. The van der Waals surface area contributed by atoms with Crippen molar-refractivity contribution in [1.82, 2.24) is 15.3 Å². The summed E-state index contributed by atoms with van der Waals surface area (Å²) in [5.74, 6) is -0.155. The molecule has 1 heterocycles. The summed E-state index contributed by atoms with van der Waals surface area (Å²) in [6.45, 7) is 0.843. The van der Waals surface area contributed by atoms with E-state index >= 15 is 0 Å². The third kappa shape index (κ3) is 4.50. The van der Waals surface area contributed by atoms with Gasteiger partial charge in [-0.3, -0.25) is 4.79 Å². The van der Waals surface area contributed by atoms with Crippen molar-refractivity contribution in [3.8, 4) is 0 Å². The summed E-state index contributed by atoms with van der Waals surface area (Å²) in [4.78, 5) is 19.8. The Kier molecular flexibility index (Phi) is 5.16. The van der Waals surface area contributed by atoms with Gasteiger partial charge in [-0.2, -0.15) is 0 Å². The van der Waals surface area contributed by atoms with Gasteiger partial charge in [0.25, 0.3) is 5.91 Å². The van der Waals surface area contributed by atoms with Crippen LogP contribution in [0.25, 0.3) is 0 Å². The molecule has 0 bridgehead atoms. The number of hydrogen-bond acceptors (Lipinski definition) is 5. The lowest BCUT2D eigenvalue weighted by Gasteiger charge is -2.06. The van der Waals surface area contributed by atoms with Gasteiger partial charge in [0, 0.05) is 19.3 Å². The first-order valence-electron chi connectivity index (χ1n) is 6.31. The topological polar surface area (TPSA) is 76.1 Å². The van der Waals surface area contributed by atoms with Crippen molar-refractivity contribution in [2.75, 3.05) is 25.6 Å². The lowest BCUT2D eigenvalue weighted by molar-refractivity contribution is 0.0932. The van der Waals surface area contributed by atoms with E-state index in [4.69, 9.17) is 4.74 Å². The molecule has 0 aliphatic carbocycles. The van der Waals surface area contributed by atoms with Crippen molar-refractivity contribution in [3.05, 3.63) is 48.2 Å². The molecule has 2 rings (SSSR count). The summed E-state index contributed by atoms with van der Waals surface area (Å²) in [5.41, 5.74) is 0.902. The largest absolute Gasteiger partial charge is 0.383 e. The molecule has 0 radical (unpaired) electrons. The van der Waals surface area contributed by atoms with E-state index in [9.17, 15) is 9.18 Å². The molecule has 0 atom stereocenters. The number of anilines is 2. The summed E-state index contributed by atoms with van der Waals surface area (Å²) in [5, 5.41) is 5.60. The maximum Gasteiger partial charge on any atom is 0.271 e. The Morgan fingerprint density at radius 3 is 2.62 bits per heavy atom. The number of rotatable bonds is 6. The molecule has 2 aromatic rings. The van der Waals surface area contributed by atoms with Crippen LogP contribution in [0.4, 0.5) is 15.9 Å². The van der Waals surface area contributed by atoms with Crippen LogP contribution >= 0.6 is 0 Å². The van der Waals surface area contributed by atoms with E-state index in [2.05, 4.69) is 20.6 Å². The van der Waals surface area contributed by atoms with Gasteiger partial charge in [0.15, 0.2) is 0 Å². The van der Waals surface area contributed by atoms with Crippen molar-refractivity contribution in [2.45, 2.75) is 0 Å². The van der Waals surface area contributed by atoms with Crippen LogP contribution in [0, 0.1) is 5.82 Å². The number of ether oxygens (including phenoxy) is 1. The van der Waals surface area contributed by atoms with E-state index < -0.39 is 0 Å². The average Bonchev–Trinajstić information content (AvgIpc) is 2.50. The summed E-state index contributed by atoms with van der Waals surface area (Å²) < 4.78 is 17.6. The molecule has 0 saturated carbocycles. The second-order valence-corrected chi connectivity index (χ2v) is 4.17. The number of nitrogens with one attached hydrogen (secondary N) is 2. The van der Waals surface area contributed by atoms with Crippen molar-refractivity contribution in [1.29, 1.82) is 0 Å². The van der Waals surface area contributed by atoms with Crippen LogP contribution in [-0.2, 0) is 4.74 Å². The first kappa shape index (κ1) is 14.9. The second kappa shape index (κ2) is 7.30. The van der Waals surface area contributed by atoms with Crippen LogP contribution in [0.3, 0.4) is 0 Å². The highest BCUT2D eigenvalue weighted by Crippen LogP contribution is 2.13. The van der Waals surface area contributed by atoms with Crippen molar-refractivity contribution in [2.24, 2.45) is 0 Å². The van der Waals surface area contributed by atoms with E-state index in [0.29, 0.717) is 24.7 Å². The molecule has 0 spiro atoms. The molecule has 1 aromatic heterocycles. The Balaban J connectivity index is 1.95. The average molecular weight is 290 g/mol. The molecule has 110 valence electrons. The van der Waals surface area contributed by atoms with Gasteiger partial charge >= 0.3 is 0 Å². The monoisotopic (exact) mass is 290 g/mol. The van der Waals surface area contributed by atoms with Crippen LogP contribution in [0.2, 0.25) is 0 Å². The van der Waals surface area contributed by atoms with E-state index in [0.717, 1.165) is 0 Å². The molecule has 0 saturated heterocycles.